The highest BCUT2D eigenvalue weighted by Crippen LogP contribution is 2.39. The molecule has 0 fully saturated rings. The number of rotatable bonds is 6. The van der Waals surface area contributed by atoms with Crippen LogP contribution in [-0.4, -0.2) is 44.9 Å². The maximum atomic E-state index is 10.8. The highest BCUT2D eigenvalue weighted by molar-refractivity contribution is 6.12. The molecule has 0 radical (unpaired) electrons. The molecule has 0 amide bonds. The van der Waals surface area contributed by atoms with E-state index in [1.54, 1.807) is 14.2 Å². The van der Waals surface area contributed by atoms with Gasteiger partial charge in [-0.1, -0.05) is 18.2 Å². The second kappa shape index (κ2) is 7.30. The molecule has 0 aromatic heterocycles. The highest BCUT2D eigenvalue weighted by atomic mass is 16.5. The van der Waals surface area contributed by atoms with Crippen molar-refractivity contribution in [2.45, 2.75) is 12.5 Å². The third-order valence-corrected chi connectivity index (χ3v) is 4.61. The Morgan fingerprint density at radius 3 is 2.48 bits per heavy atom. The van der Waals surface area contributed by atoms with Crippen molar-refractivity contribution in [3.63, 3.8) is 0 Å². The zero-order valence-electron chi connectivity index (χ0n) is 15.2. The third kappa shape index (κ3) is 3.41. The quantitative estimate of drug-likeness (QED) is 0.690. The van der Waals surface area contributed by atoms with E-state index in [4.69, 9.17) is 9.47 Å². The Kier molecular flexibility index (Phi) is 5.11. The maximum absolute atomic E-state index is 10.8. The fraction of sp³-hybridized carbons (Fsp3) is 0.333. The van der Waals surface area contributed by atoms with E-state index in [0.29, 0.717) is 6.42 Å². The molecule has 25 heavy (non-hydrogen) atoms. The van der Waals surface area contributed by atoms with E-state index in [0.717, 1.165) is 45.2 Å². The van der Waals surface area contributed by atoms with Gasteiger partial charge in [0.25, 0.3) is 0 Å². The molecular formula is C21H25NO3. The smallest absolute Gasteiger partial charge is 0.127 e. The van der Waals surface area contributed by atoms with E-state index >= 15 is 0 Å². The van der Waals surface area contributed by atoms with Crippen molar-refractivity contribution >= 4 is 21.5 Å². The molecule has 0 spiro atoms. The molecule has 4 nitrogen and oxygen atoms in total. The molecule has 1 atom stereocenters. The minimum absolute atomic E-state index is 0.520. The van der Waals surface area contributed by atoms with Crippen LogP contribution >= 0.6 is 0 Å². The monoisotopic (exact) mass is 339 g/mol. The molecule has 3 aromatic carbocycles. The van der Waals surface area contributed by atoms with Crippen molar-refractivity contribution in [1.29, 1.82) is 0 Å². The fourth-order valence-corrected chi connectivity index (χ4v) is 3.29. The topological polar surface area (TPSA) is 41.9 Å². The van der Waals surface area contributed by atoms with Gasteiger partial charge in [-0.15, -0.1) is 0 Å². The summed E-state index contributed by atoms with van der Waals surface area (Å²) in [6, 6.07) is 14.0. The summed E-state index contributed by atoms with van der Waals surface area (Å²) in [6.07, 6.45) is 0.165. The number of nitrogens with zero attached hydrogens (tertiary/aromatic N) is 1. The molecule has 0 aliphatic carbocycles. The van der Waals surface area contributed by atoms with Gasteiger partial charge in [-0.05, 0) is 66.5 Å². The molecule has 132 valence electrons. The van der Waals surface area contributed by atoms with Crippen molar-refractivity contribution in [3.8, 4) is 11.5 Å². The number of methoxy groups -OCH3 is 2. The molecule has 0 saturated carbocycles. The highest BCUT2D eigenvalue weighted by Gasteiger charge is 2.16. The molecule has 3 rings (SSSR count). The molecule has 0 aliphatic rings. The number of hydrogen-bond acceptors (Lipinski definition) is 4. The molecule has 0 unspecified atom stereocenters. The van der Waals surface area contributed by atoms with Crippen LogP contribution in [0.5, 0.6) is 11.5 Å². The van der Waals surface area contributed by atoms with Crippen molar-refractivity contribution in [2.24, 2.45) is 0 Å². The standard InChI is InChI=1S/C21H25NO3/c1-22(2)11-10-19(23)17-12-14-6-5-7-20(25-4)21(14)18-13-15(24-3)8-9-16(17)18/h5-9,12-13,19,23H,10-11H2,1-4H3/t19-/m0/s1. The summed E-state index contributed by atoms with van der Waals surface area (Å²) in [5.41, 5.74) is 0.945. The lowest BCUT2D eigenvalue weighted by molar-refractivity contribution is 0.156. The van der Waals surface area contributed by atoms with Crippen molar-refractivity contribution < 1.29 is 14.6 Å². The van der Waals surface area contributed by atoms with Gasteiger partial charge in [0.2, 0.25) is 0 Å². The zero-order chi connectivity index (χ0) is 18.0. The first-order valence-corrected chi connectivity index (χ1v) is 8.45. The van der Waals surface area contributed by atoms with Crippen LogP contribution < -0.4 is 9.47 Å². The lowest BCUT2D eigenvalue weighted by Gasteiger charge is -2.19. The van der Waals surface area contributed by atoms with Crippen LogP contribution in [0.2, 0.25) is 0 Å². The minimum Gasteiger partial charge on any atom is -0.497 e. The number of ether oxygens (including phenoxy) is 2. The van der Waals surface area contributed by atoms with Gasteiger partial charge in [-0.3, -0.25) is 0 Å². The second-order valence-electron chi connectivity index (χ2n) is 6.54. The van der Waals surface area contributed by atoms with Crippen LogP contribution in [0, 0.1) is 0 Å². The maximum Gasteiger partial charge on any atom is 0.127 e. The van der Waals surface area contributed by atoms with E-state index in [1.807, 2.05) is 44.4 Å². The Balaban J connectivity index is 2.26. The molecule has 4 heteroatoms. The van der Waals surface area contributed by atoms with Gasteiger partial charge in [0, 0.05) is 11.9 Å². The summed E-state index contributed by atoms with van der Waals surface area (Å²) in [6.45, 7) is 0.828. The van der Waals surface area contributed by atoms with Crippen molar-refractivity contribution in [1.82, 2.24) is 4.90 Å². The van der Waals surface area contributed by atoms with Gasteiger partial charge in [0.15, 0.2) is 0 Å². The molecule has 0 saturated heterocycles. The first-order chi connectivity index (χ1) is 12.0. The average molecular weight is 339 g/mol. The van der Waals surface area contributed by atoms with Crippen LogP contribution in [0.4, 0.5) is 0 Å². The van der Waals surface area contributed by atoms with Crippen LogP contribution in [0.25, 0.3) is 21.5 Å². The van der Waals surface area contributed by atoms with Crippen LogP contribution in [0.15, 0.2) is 42.5 Å². The van der Waals surface area contributed by atoms with E-state index in [1.165, 1.54) is 0 Å². The minimum atomic E-state index is -0.520. The largest absolute Gasteiger partial charge is 0.497 e. The zero-order valence-corrected chi connectivity index (χ0v) is 15.2. The van der Waals surface area contributed by atoms with Gasteiger partial charge >= 0.3 is 0 Å². The Morgan fingerprint density at radius 1 is 1.00 bits per heavy atom. The van der Waals surface area contributed by atoms with E-state index in [9.17, 15) is 5.11 Å². The van der Waals surface area contributed by atoms with Gasteiger partial charge in [0.1, 0.15) is 11.5 Å². The van der Waals surface area contributed by atoms with Crippen LogP contribution in [0.1, 0.15) is 18.1 Å². The number of hydrogen-bond donors (Lipinski definition) is 1. The molecule has 1 N–H and O–H groups in total. The van der Waals surface area contributed by atoms with E-state index in [-0.39, 0.29) is 0 Å². The number of fused-ring (bicyclic) bond motifs is 3. The molecule has 0 bridgehead atoms. The number of aliphatic hydroxyl groups is 1. The van der Waals surface area contributed by atoms with Crippen LogP contribution in [-0.2, 0) is 0 Å². The first kappa shape index (κ1) is 17.5. The first-order valence-electron chi connectivity index (χ1n) is 8.45. The number of benzene rings is 3. The van der Waals surface area contributed by atoms with Gasteiger partial charge < -0.3 is 19.5 Å². The molecular weight excluding hydrogens is 314 g/mol. The lowest BCUT2D eigenvalue weighted by Crippen LogP contribution is -2.16. The van der Waals surface area contributed by atoms with Crippen molar-refractivity contribution in [2.75, 3.05) is 34.9 Å². The predicted molar refractivity (Wildman–Crippen MR) is 103 cm³/mol. The summed E-state index contributed by atoms with van der Waals surface area (Å²) < 4.78 is 11.0. The fourth-order valence-electron chi connectivity index (χ4n) is 3.29. The van der Waals surface area contributed by atoms with Gasteiger partial charge in [-0.25, -0.2) is 0 Å². The van der Waals surface area contributed by atoms with Gasteiger partial charge in [0.05, 0.1) is 20.3 Å². The molecule has 0 aliphatic heterocycles. The van der Waals surface area contributed by atoms with E-state index < -0.39 is 6.10 Å². The molecule has 0 heterocycles. The average Bonchev–Trinajstić information content (AvgIpc) is 2.64. The summed E-state index contributed by atoms with van der Waals surface area (Å²) in [5.74, 6) is 1.62. The van der Waals surface area contributed by atoms with Gasteiger partial charge in [-0.2, -0.15) is 0 Å². The predicted octanol–water partition coefficient (Wildman–Crippen LogP) is 4.00. The summed E-state index contributed by atoms with van der Waals surface area (Å²) >= 11 is 0. The Labute approximate surface area is 148 Å². The van der Waals surface area contributed by atoms with Crippen LogP contribution in [0.3, 0.4) is 0 Å². The lowest BCUT2D eigenvalue weighted by atomic mass is 9.93. The third-order valence-electron chi connectivity index (χ3n) is 4.61. The Hall–Kier alpha value is -2.30. The Bertz CT molecular complexity index is 889. The van der Waals surface area contributed by atoms with Crippen molar-refractivity contribution in [3.05, 3.63) is 48.0 Å². The summed E-state index contributed by atoms with van der Waals surface area (Å²) in [5, 5.41) is 15.0. The number of aliphatic hydroxyl groups excluding tert-OH is 1. The molecule has 3 aromatic rings. The summed E-state index contributed by atoms with van der Waals surface area (Å²) in [4.78, 5) is 2.08. The SMILES string of the molecule is COc1ccc2c([C@@H](O)CCN(C)C)cc3cccc(OC)c3c2c1. The van der Waals surface area contributed by atoms with E-state index in [2.05, 4.69) is 17.0 Å². The summed E-state index contributed by atoms with van der Waals surface area (Å²) in [7, 11) is 7.37. The Morgan fingerprint density at radius 2 is 1.80 bits per heavy atom. The normalized spacial score (nSPS) is 12.7. The second-order valence-corrected chi connectivity index (χ2v) is 6.54.